The summed E-state index contributed by atoms with van der Waals surface area (Å²) in [7, 11) is 1.67. The number of benzene rings is 2. The molecule has 6 nitrogen and oxygen atoms in total. The van der Waals surface area contributed by atoms with Crippen molar-refractivity contribution in [2.45, 2.75) is 24.9 Å². The van der Waals surface area contributed by atoms with Gasteiger partial charge in [-0.25, -0.2) is 4.79 Å². The molecule has 1 aliphatic carbocycles. The third-order valence-electron chi connectivity index (χ3n) is 4.74. The van der Waals surface area contributed by atoms with Gasteiger partial charge in [-0.15, -0.1) is 0 Å². The quantitative estimate of drug-likeness (QED) is 0.716. The second kappa shape index (κ2) is 7.17. The molecule has 3 aromatic rings. The highest BCUT2D eigenvalue weighted by atomic mass is 16.5. The lowest BCUT2D eigenvalue weighted by Crippen LogP contribution is -2.31. The van der Waals surface area contributed by atoms with Gasteiger partial charge >= 0.3 is 6.03 Å². The molecule has 4 rings (SSSR count). The summed E-state index contributed by atoms with van der Waals surface area (Å²) >= 11 is 0. The van der Waals surface area contributed by atoms with E-state index in [0.29, 0.717) is 19.1 Å². The Kier molecular flexibility index (Phi) is 4.58. The number of amides is 2. The molecule has 134 valence electrons. The number of carbonyl (C=O) groups is 1. The third kappa shape index (κ3) is 3.55. The molecule has 0 aliphatic heterocycles. The van der Waals surface area contributed by atoms with Gasteiger partial charge in [-0.3, -0.25) is 4.68 Å². The number of nitrogens with zero attached hydrogens (tertiary/aromatic N) is 2. The van der Waals surface area contributed by atoms with E-state index in [0.717, 1.165) is 23.0 Å². The summed E-state index contributed by atoms with van der Waals surface area (Å²) in [6.45, 7) is 1.27. The second-order valence-electron chi connectivity index (χ2n) is 6.59. The summed E-state index contributed by atoms with van der Waals surface area (Å²) in [5.74, 6) is 0.417. The lowest BCUT2D eigenvalue weighted by atomic mass is 10.1. The zero-order valence-electron chi connectivity index (χ0n) is 14.7. The Hall–Kier alpha value is -2.86. The number of rotatable bonds is 6. The summed E-state index contributed by atoms with van der Waals surface area (Å²) in [5, 5.41) is 11.4. The Labute approximate surface area is 152 Å². The highest BCUT2D eigenvalue weighted by Crippen LogP contribution is 2.40. The zero-order valence-corrected chi connectivity index (χ0v) is 14.7. The molecule has 1 aliphatic rings. The predicted molar refractivity (Wildman–Crippen MR) is 101 cm³/mol. The smallest absolute Gasteiger partial charge is 0.319 e. The number of carbonyl (C=O) groups excluding carboxylic acids is 1. The Balaban J connectivity index is 1.38. The van der Waals surface area contributed by atoms with Crippen molar-refractivity contribution >= 4 is 22.6 Å². The van der Waals surface area contributed by atoms with Gasteiger partial charge in [-0.05, 0) is 30.2 Å². The van der Waals surface area contributed by atoms with Crippen molar-refractivity contribution in [2.24, 2.45) is 0 Å². The van der Waals surface area contributed by atoms with Crippen molar-refractivity contribution in [1.82, 2.24) is 15.1 Å². The van der Waals surface area contributed by atoms with Gasteiger partial charge in [0.25, 0.3) is 0 Å². The fraction of sp³-hybridized carbons (Fsp3) is 0.300. The van der Waals surface area contributed by atoms with E-state index in [-0.39, 0.29) is 12.1 Å². The number of ether oxygens (including phenoxy) is 1. The first-order valence-electron chi connectivity index (χ1n) is 8.81. The molecule has 0 bridgehead atoms. The van der Waals surface area contributed by atoms with Crippen molar-refractivity contribution in [3.8, 4) is 0 Å². The third-order valence-corrected chi connectivity index (χ3v) is 4.74. The molecule has 2 amide bonds. The van der Waals surface area contributed by atoms with Crippen LogP contribution in [0.15, 0.2) is 54.7 Å². The Morgan fingerprint density at radius 3 is 2.92 bits per heavy atom. The van der Waals surface area contributed by atoms with Gasteiger partial charge in [0, 0.05) is 30.1 Å². The maximum absolute atomic E-state index is 12.3. The van der Waals surface area contributed by atoms with Crippen molar-refractivity contribution in [1.29, 1.82) is 0 Å². The average molecular weight is 350 g/mol. The Bertz CT molecular complexity index is 907. The maximum atomic E-state index is 12.3. The standard InChI is InChI=1S/C20H22N4O2/c1-26-10-9-24-19-11-16(8-7-15(19)13-21-24)22-20(25)23-18-12-17(18)14-5-3-2-4-6-14/h2-8,11,13,17-18H,9-10,12H2,1H3,(H2,22,23,25)/t17-,18-/m1/s1. The minimum absolute atomic E-state index is 0.171. The lowest BCUT2D eigenvalue weighted by molar-refractivity contribution is 0.185. The zero-order chi connectivity index (χ0) is 17.9. The van der Waals surface area contributed by atoms with E-state index in [1.54, 1.807) is 7.11 Å². The fourth-order valence-electron chi connectivity index (χ4n) is 3.26. The first-order valence-corrected chi connectivity index (χ1v) is 8.81. The molecule has 0 spiro atoms. The number of aromatic nitrogens is 2. The van der Waals surface area contributed by atoms with E-state index in [1.807, 2.05) is 47.3 Å². The van der Waals surface area contributed by atoms with Gasteiger partial charge in [0.1, 0.15) is 0 Å². The maximum Gasteiger partial charge on any atom is 0.319 e. The van der Waals surface area contributed by atoms with Crippen molar-refractivity contribution in [3.05, 3.63) is 60.3 Å². The number of anilines is 1. The van der Waals surface area contributed by atoms with E-state index in [9.17, 15) is 4.79 Å². The van der Waals surface area contributed by atoms with Crippen LogP contribution in [0.3, 0.4) is 0 Å². The molecular weight excluding hydrogens is 328 g/mol. The monoisotopic (exact) mass is 350 g/mol. The van der Waals surface area contributed by atoms with Crippen LogP contribution < -0.4 is 10.6 Å². The summed E-state index contributed by atoms with van der Waals surface area (Å²) in [6.07, 6.45) is 2.81. The van der Waals surface area contributed by atoms with Crippen molar-refractivity contribution in [3.63, 3.8) is 0 Å². The fourth-order valence-corrected chi connectivity index (χ4v) is 3.26. The van der Waals surface area contributed by atoms with E-state index >= 15 is 0 Å². The van der Waals surface area contributed by atoms with Crippen LogP contribution in [0.25, 0.3) is 10.9 Å². The van der Waals surface area contributed by atoms with E-state index < -0.39 is 0 Å². The van der Waals surface area contributed by atoms with Gasteiger partial charge < -0.3 is 15.4 Å². The number of methoxy groups -OCH3 is 1. The van der Waals surface area contributed by atoms with Crippen LogP contribution in [0.5, 0.6) is 0 Å². The number of hydrogen-bond donors (Lipinski definition) is 2. The van der Waals surface area contributed by atoms with Gasteiger partial charge in [0.2, 0.25) is 0 Å². The highest BCUT2D eigenvalue weighted by molar-refractivity contribution is 5.92. The first kappa shape index (κ1) is 16.6. The molecule has 0 radical (unpaired) electrons. The molecule has 1 fully saturated rings. The van der Waals surface area contributed by atoms with Gasteiger partial charge in [0.05, 0.1) is 24.9 Å². The van der Waals surface area contributed by atoms with Gasteiger partial charge in [-0.1, -0.05) is 30.3 Å². The molecule has 1 heterocycles. The van der Waals surface area contributed by atoms with E-state index in [1.165, 1.54) is 5.56 Å². The molecular formula is C20H22N4O2. The van der Waals surface area contributed by atoms with Crippen LogP contribution >= 0.6 is 0 Å². The number of fused-ring (bicyclic) bond motifs is 1. The molecule has 0 unspecified atom stereocenters. The molecule has 2 atom stereocenters. The molecule has 1 aromatic heterocycles. The summed E-state index contributed by atoms with van der Waals surface area (Å²) in [5.41, 5.74) is 3.01. The molecule has 6 heteroatoms. The summed E-state index contributed by atoms with van der Waals surface area (Å²) < 4.78 is 7.00. The van der Waals surface area contributed by atoms with Crippen molar-refractivity contribution < 1.29 is 9.53 Å². The molecule has 2 aromatic carbocycles. The summed E-state index contributed by atoms with van der Waals surface area (Å²) in [6, 6.07) is 16.1. The molecule has 0 saturated heterocycles. The average Bonchev–Trinajstić information content (AvgIpc) is 3.31. The minimum Gasteiger partial charge on any atom is -0.383 e. The predicted octanol–water partition coefficient (Wildman–Crippen LogP) is 3.36. The van der Waals surface area contributed by atoms with E-state index in [4.69, 9.17) is 4.74 Å². The van der Waals surface area contributed by atoms with Crippen LogP contribution in [-0.2, 0) is 11.3 Å². The van der Waals surface area contributed by atoms with E-state index in [2.05, 4.69) is 27.9 Å². The Morgan fingerprint density at radius 2 is 2.12 bits per heavy atom. The van der Waals surface area contributed by atoms with Gasteiger partial charge in [-0.2, -0.15) is 5.10 Å². The van der Waals surface area contributed by atoms with Crippen molar-refractivity contribution in [2.75, 3.05) is 19.0 Å². The first-order chi connectivity index (χ1) is 12.7. The lowest BCUT2D eigenvalue weighted by Gasteiger charge is -2.09. The van der Waals surface area contributed by atoms with Gasteiger partial charge in [0.15, 0.2) is 0 Å². The van der Waals surface area contributed by atoms with Crippen LogP contribution in [0, 0.1) is 0 Å². The van der Waals surface area contributed by atoms with Crippen LogP contribution in [0.4, 0.5) is 10.5 Å². The largest absolute Gasteiger partial charge is 0.383 e. The summed E-state index contributed by atoms with van der Waals surface area (Å²) in [4.78, 5) is 12.3. The topological polar surface area (TPSA) is 68.2 Å². The minimum atomic E-state index is -0.171. The SMILES string of the molecule is COCCn1ncc2ccc(NC(=O)N[C@@H]3C[C@@H]3c3ccccc3)cc21. The molecule has 2 N–H and O–H groups in total. The normalized spacial score (nSPS) is 18.7. The Morgan fingerprint density at radius 1 is 1.27 bits per heavy atom. The van der Waals surface area contributed by atoms with Crippen LogP contribution in [0.1, 0.15) is 17.9 Å². The number of nitrogens with one attached hydrogen (secondary N) is 2. The number of hydrogen-bond acceptors (Lipinski definition) is 3. The van der Waals surface area contributed by atoms with Crippen LogP contribution in [-0.4, -0.2) is 35.6 Å². The highest BCUT2D eigenvalue weighted by Gasteiger charge is 2.39. The molecule has 1 saturated carbocycles. The molecule has 26 heavy (non-hydrogen) atoms. The van der Waals surface area contributed by atoms with Crippen LogP contribution in [0.2, 0.25) is 0 Å². The second-order valence-corrected chi connectivity index (χ2v) is 6.59. The number of urea groups is 1.